The second-order valence-corrected chi connectivity index (χ2v) is 8.11. The molecule has 2 fully saturated rings. The van der Waals surface area contributed by atoms with Gasteiger partial charge in [0.1, 0.15) is 23.9 Å². The Morgan fingerprint density at radius 2 is 1.94 bits per heavy atom. The van der Waals surface area contributed by atoms with E-state index in [9.17, 15) is 4.79 Å². The standard InChI is InChI=1S/C23H26N6O3/c30-22(19-7-9-24-15-26-19)27-16-3-5-17(6-4-16)32-23-18-2-1-8-25-20(18)14-21(28-23)29-10-12-31-13-11-29/h1-2,7-9,14-17H,3-6,10-13H2,(H,27,30). The summed E-state index contributed by atoms with van der Waals surface area (Å²) in [4.78, 5) is 31.8. The van der Waals surface area contributed by atoms with E-state index in [1.165, 1.54) is 6.33 Å². The first-order valence-corrected chi connectivity index (χ1v) is 11.1. The lowest BCUT2D eigenvalue weighted by Crippen LogP contribution is -2.40. The fourth-order valence-corrected chi connectivity index (χ4v) is 4.24. The van der Waals surface area contributed by atoms with Crippen molar-refractivity contribution in [1.82, 2.24) is 25.3 Å². The van der Waals surface area contributed by atoms with Gasteiger partial charge < -0.3 is 19.7 Å². The van der Waals surface area contributed by atoms with Gasteiger partial charge in [-0.3, -0.25) is 9.78 Å². The number of amides is 1. The van der Waals surface area contributed by atoms with Gasteiger partial charge in [-0.05, 0) is 43.9 Å². The van der Waals surface area contributed by atoms with E-state index in [1.54, 1.807) is 18.5 Å². The molecule has 0 atom stereocenters. The molecule has 0 spiro atoms. The number of nitrogens with one attached hydrogen (secondary N) is 1. The number of carbonyl (C=O) groups excluding carboxylic acids is 1. The minimum atomic E-state index is -0.159. The lowest BCUT2D eigenvalue weighted by Gasteiger charge is -2.31. The van der Waals surface area contributed by atoms with Crippen LogP contribution < -0.4 is 15.0 Å². The molecule has 1 N–H and O–H groups in total. The van der Waals surface area contributed by atoms with Gasteiger partial charge in [-0.1, -0.05) is 0 Å². The highest BCUT2D eigenvalue weighted by Gasteiger charge is 2.26. The molecule has 2 aliphatic rings. The minimum Gasteiger partial charge on any atom is -0.474 e. The number of anilines is 1. The first-order valence-electron chi connectivity index (χ1n) is 11.1. The molecule has 0 radical (unpaired) electrons. The molecular formula is C23H26N6O3. The van der Waals surface area contributed by atoms with Crippen molar-refractivity contribution in [1.29, 1.82) is 0 Å². The third-order valence-corrected chi connectivity index (χ3v) is 5.99. The van der Waals surface area contributed by atoms with Gasteiger partial charge in [-0.15, -0.1) is 0 Å². The van der Waals surface area contributed by atoms with E-state index in [2.05, 4.69) is 25.2 Å². The van der Waals surface area contributed by atoms with Crippen LogP contribution in [0.15, 0.2) is 43.0 Å². The van der Waals surface area contributed by atoms with Gasteiger partial charge >= 0.3 is 0 Å². The van der Waals surface area contributed by atoms with Crippen LogP contribution in [0.3, 0.4) is 0 Å². The Morgan fingerprint density at radius 3 is 2.72 bits per heavy atom. The molecule has 9 heteroatoms. The summed E-state index contributed by atoms with van der Waals surface area (Å²) < 4.78 is 11.9. The van der Waals surface area contributed by atoms with Crippen LogP contribution in [0.25, 0.3) is 10.9 Å². The average Bonchev–Trinajstić information content (AvgIpc) is 2.86. The molecule has 1 saturated carbocycles. The summed E-state index contributed by atoms with van der Waals surface area (Å²) in [6.07, 6.45) is 8.20. The molecule has 3 aromatic rings. The maximum atomic E-state index is 12.4. The van der Waals surface area contributed by atoms with Crippen molar-refractivity contribution in [3.8, 4) is 5.88 Å². The number of morpholine rings is 1. The first-order chi connectivity index (χ1) is 15.8. The number of hydrogen-bond acceptors (Lipinski definition) is 8. The largest absolute Gasteiger partial charge is 0.474 e. The summed E-state index contributed by atoms with van der Waals surface area (Å²) in [6.45, 7) is 3.01. The molecule has 1 aliphatic heterocycles. The molecule has 0 unspecified atom stereocenters. The van der Waals surface area contributed by atoms with Gasteiger partial charge in [0.2, 0.25) is 5.88 Å². The monoisotopic (exact) mass is 434 g/mol. The van der Waals surface area contributed by atoms with Crippen molar-refractivity contribution in [2.45, 2.75) is 37.8 Å². The molecule has 5 rings (SSSR count). The van der Waals surface area contributed by atoms with Gasteiger partial charge in [0.05, 0.1) is 24.1 Å². The van der Waals surface area contributed by atoms with Crippen LogP contribution in [-0.2, 0) is 4.74 Å². The molecule has 1 saturated heterocycles. The van der Waals surface area contributed by atoms with E-state index < -0.39 is 0 Å². The first kappa shape index (κ1) is 20.6. The zero-order chi connectivity index (χ0) is 21.8. The van der Waals surface area contributed by atoms with Crippen LogP contribution in [-0.4, -0.2) is 64.3 Å². The quantitative estimate of drug-likeness (QED) is 0.653. The van der Waals surface area contributed by atoms with Crippen molar-refractivity contribution in [3.05, 3.63) is 48.7 Å². The summed E-state index contributed by atoms with van der Waals surface area (Å²) in [5, 5.41) is 3.99. The van der Waals surface area contributed by atoms with Crippen molar-refractivity contribution < 1.29 is 14.3 Å². The lowest BCUT2D eigenvalue weighted by atomic mass is 9.93. The Hall–Kier alpha value is -3.33. The van der Waals surface area contributed by atoms with Gasteiger partial charge in [0.25, 0.3) is 5.91 Å². The van der Waals surface area contributed by atoms with E-state index >= 15 is 0 Å². The van der Waals surface area contributed by atoms with Crippen LogP contribution in [0.2, 0.25) is 0 Å². The normalized spacial score (nSPS) is 21.3. The van der Waals surface area contributed by atoms with Crippen molar-refractivity contribution in [2.24, 2.45) is 0 Å². The Bertz CT molecular complexity index is 1070. The van der Waals surface area contributed by atoms with Gasteiger partial charge in [0, 0.05) is 37.6 Å². The third-order valence-electron chi connectivity index (χ3n) is 5.99. The van der Waals surface area contributed by atoms with Crippen LogP contribution in [0.4, 0.5) is 5.82 Å². The van der Waals surface area contributed by atoms with Gasteiger partial charge in [-0.25, -0.2) is 9.97 Å². The van der Waals surface area contributed by atoms with E-state index in [-0.39, 0.29) is 18.1 Å². The lowest BCUT2D eigenvalue weighted by molar-refractivity contribution is 0.0886. The summed E-state index contributed by atoms with van der Waals surface area (Å²) in [6, 6.07) is 7.67. The van der Waals surface area contributed by atoms with Crippen molar-refractivity contribution in [2.75, 3.05) is 31.2 Å². The van der Waals surface area contributed by atoms with E-state index in [0.29, 0.717) is 24.8 Å². The van der Waals surface area contributed by atoms with Gasteiger partial charge in [-0.2, -0.15) is 4.98 Å². The fraction of sp³-hybridized carbons (Fsp3) is 0.435. The van der Waals surface area contributed by atoms with Crippen LogP contribution in [0.5, 0.6) is 5.88 Å². The number of hydrogen-bond donors (Lipinski definition) is 1. The number of pyridine rings is 2. The number of ether oxygens (including phenoxy) is 2. The number of nitrogens with zero attached hydrogens (tertiary/aromatic N) is 5. The van der Waals surface area contributed by atoms with Gasteiger partial charge in [0.15, 0.2) is 0 Å². The molecule has 1 aliphatic carbocycles. The summed E-state index contributed by atoms with van der Waals surface area (Å²) in [7, 11) is 0. The van der Waals surface area contributed by atoms with Crippen LogP contribution in [0.1, 0.15) is 36.2 Å². The number of carbonyl (C=O) groups is 1. The zero-order valence-corrected chi connectivity index (χ0v) is 17.8. The highest BCUT2D eigenvalue weighted by molar-refractivity contribution is 5.92. The van der Waals surface area contributed by atoms with E-state index in [1.807, 2.05) is 18.2 Å². The summed E-state index contributed by atoms with van der Waals surface area (Å²) in [5.41, 5.74) is 1.27. The molecule has 3 aromatic heterocycles. The number of aromatic nitrogens is 4. The average molecular weight is 435 g/mol. The summed E-state index contributed by atoms with van der Waals surface area (Å²) in [5.74, 6) is 1.35. The SMILES string of the molecule is O=C(NC1CCC(Oc2nc(N3CCOCC3)cc3ncccc23)CC1)c1ccncn1. The highest BCUT2D eigenvalue weighted by Crippen LogP contribution is 2.31. The van der Waals surface area contributed by atoms with Crippen LogP contribution in [0, 0.1) is 0 Å². The highest BCUT2D eigenvalue weighted by atomic mass is 16.5. The molecule has 9 nitrogen and oxygen atoms in total. The minimum absolute atomic E-state index is 0.0537. The van der Waals surface area contributed by atoms with Crippen molar-refractivity contribution >= 4 is 22.6 Å². The molecule has 4 heterocycles. The Labute approximate surface area is 186 Å². The molecular weight excluding hydrogens is 408 g/mol. The van der Waals surface area contributed by atoms with Crippen LogP contribution >= 0.6 is 0 Å². The Kier molecular flexibility index (Phi) is 6.06. The Balaban J connectivity index is 1.25. The third kappa shape index (κ3) is 4.62. The molecule has 0 aromatic carbocycles. The predicted molar refractivity (Wildman–Crippen MR) is 119 cm³/mol. The topological polar surface area (TPSA) is 102 Å². The predicted octanol–water partition coefficient (Wildman–Crippen LogP) is 2.38. The Morgan fingerprint density at radius 1 is 1.09 bits per heavy atom. The number of rotatable bonds is 5. The fourth-order valence-electron chi connectivity index (χ4n) is 4.24. The second-order valence-electron chi connectivity index (χ2n) is 8.11. The van der Waals surface area contributed by atoms with Crippen molar-refractivity contribution in [3.63, 3.8) is 0 Å². The maximum absolute atomic E-state index is 12.4. The maximum Gasteiger partial charge on any atom is 0.270 e. The number of fused-ring (bicyclic) bond motifs is 1. The van der Waals surface area contributed by atoms with E-state index in [0.717, 1.165) is 55.5 Å². The molecule has 1 amide bonds. The molecule has 32 heavy (non-hydrogen) atoms. The molecule has 0 bridgehead atoms. The zero-order valence-electron chi connectivity index (χ0n) is 17.8. The summed E-state index contributed by atoms with van der Waals surface area (Å²) >= 11 is 0. The van der Waals surface area contributed by atoms with E-state index in [4.69, 9.17) is 14.5 Å². The smallest absolute Gasteiger partial charge is 0.270 e. The second kappa shape index (κ2) is 9.44. The molecule has 166 valence electrons.